The Balaban J connectivity index is 1.86. The molecule has 1 aromatic rings. The van der Waals surface area contributed by atoms with E-state index in [9.17, 15) is 33.7 Å². The van der Waals surface area contributed by atoms with Gasteiger partial charge in [-0.3, -0.25) is 28.5 Å². The van der Waals surface area contributed by atoms with E-state index in [4.69, 9.17) is 9.26 Å². The number of aliphatic hydroxyl groups is 1. The van der Waals surface area contributed by atoms with Gasteiger partial charge in [0.1, 0.15) is 12.3 Å². The fourth-order valence-electron chi connectivity index (χ4n) is 3.69. The van der Waals surface area contributed by atoms with Crippen LogP contribution < -0.4 is 21.9 Å². The third-order valence-electron chi connectivity index (χ3n) is 5.48. The van der Waals surface area contributed by atoms with Crippen molar-refractivity contribution in [3.8, 4) is 0 Å². The second-order valence-electron chi connectivity index (χ2n) is 8.61. The van der Waals surface area contributed by atoms with Gasteiger partial charge >= 0.3 is 13.3 Å². The highest BCUT2D eigenvalue weighted by Crippen LogP contribution is 2.43. The Hall–Kier alpha value is -2.22. The molecule has 0 aromatic carbocycles. The summed E-state index contributed by atoms with van der Waals surface area (Å²) in [4.78, 5) is 59.6. The molecule has 208 valence electrons. The maximum Gasteiger partial charge on any atom is 0.330 e. The summed E-state index contributed by atoms with van der Waals surface area (Å²) in [5.74, 6) is 0.0916. The number of ether oxygens (including phenoxy) is 1. The van der Waals surface area contributed by atoms with Crippen molar-refractivity contribution >= 4 is 38.1 Å². The molecule has 2 heterocycles. The molecule has 4 atom stereocenters. The predicted octanol–water partition coefficient (Wildman–Crippen LogP) is 0.143. The highest BCUT2D eigenvalue weighted by molar-refractivity contribution is 7.80. The molecule has 0 spiro atoms. The lowest BCUT2D eigenvalue weighted by Crippen LogP contribution is -2.33. The van der Waals surface area contributed by atoms with Gasteiger partial charge in [-0.2, -0.15) is 12.6 Å². The van der Waals surface area contributed by atoms with E-state index >= 15 is 0 Å². The van der Waals surface area contributed by atoms with Crippen molar-refractivity contribution < 1.29 is 33.4 Å². The summed E-state index contributed by atoms with van der Waals surface area (Å²) >= 11 is 4.00. The second-order valence-corrected chi connectivity index (χ2v) is 10.9. The minimum Gasteiger partial charge on any atom is -0.394 e. The minimum absolute atomic E-state index is 0.0127. The lowest BCUT2D eigenvalue weighted by Gasteiger charge is -2.17. The topological polar surface area (TPSA) is 189 Å². The number of nitrogens with zero attached hydrogens (tertiary/aromatic N) is 1. The van der Waals surface area contributed by atoms with E-state index in [1.165, 1.54) is 18.3 Å². The number of nitrogens with one attached hydrogen (secondary N) is 3. The summed E-state index contributed by atoms with van der Waals surface area (Å²) in [5.41, 5.74) is -1.46. The third kappa shape index (κ3) is 11.0. The molecule has 2 rings (SSSR count). The number of hydrogen-bond donors (Lipinski definition) is 6. The van der Waals surface area contributed by atoms with Crippen molar-refractivity contribution in [3.63, 3.8) is 0 Å². The molecule has 1 aliphatic heterocycles. The zero-order valence-electron chi connectivity index (χ0n) is 20.6. The van der Waals surface area contributed by atoms with E-state index in [1.807, 2.05) is 0 Å². The summed E-state index contributed by atoms with van der Waals surface area (Å²) in [6.45, 7) is 1.55. The number of rotatable bonds is 15. The van der Waals surface area contributed by atoms with Gasteiger partial charge in [-0.25, -0.2) is 4.79 Å². The van der Waals surface area contributed by atoms with Gasteiger partial charge < -0.3 is 29.9 Å². The van der Waals surface area contributed by atoms with Crippen molar-refractivity contribution in [1.29, 1.82) is 0 Å². The average Bonchev–Trinajstić information content (AvgIpc) is 3.21. The first kappa shape index (κ1) is 31.0. The van der Waals surface area contributed by atoms with Crippen LogP contribution in [0.4, 0.5) is 0 Å². The molecule has 15 heteroatoms. The van der Waals surface area contributed by atoms with Crippen LogP contribution in [0.1, 0.15) is 50.3 Å². The zero-order chi connectivity index (χ0) is 27.4. The summed E-state index contributed by atoms with van der Waals surface area (Å²) in [5, 5.41) is 15.0. The van der Waals surface area contributed by atoms with Crippen LogP contribution in [0.25, 0.3) is 6.08 Å². The largest absolute Gasteiger partial charge is 0.394 e. The molecule has 1 saturated heterocycles. The Morgan fingerprint density at radius 1 is 1.27 bits per heavy atom. The van der Waals surface area contributed by atoms with Crippen LogP contribution in [0.15, 0.2) is 21.9 Å². The normalized spacial score (nSPS) is 21.1. The minimum atomic E-state index is -3.87. The van der Waals surface area contributed by atoms with Crippen molar-refractivity contribution in [2.45, 2.75) is 57.0 Å². The summed E-state index contributed by atoms with van der Waals surface area (Å²) in [6, 6.07) is 0. The van der Waals surface area contributed by atoms with Gasteiger partial charge in [-0.15, -0.1) is 0 Å². The fourth-order valence-corrected chi connectivity index (χ4v) is 4.62. The summed E-state index contributed by atoms with van der Waals surface area (Å²) in [6.07, 6.45) is 4.58. The molecular formula is C22H35N4O9PS. The van der Waals surface area contributed by atoms with Crippen molar-refractivity contribution in [3.05, 3.63) is 38.7 Å². The number of hydrogen-bond acceptors (Lipinski definition) is 9. The van der Waals surface area contributed by atoms with Gasteiger partial charge in [0.15, 0.2) is 0 Å². The number of aromatic amines is 1. The van der Waals surface area contributed by atoms with Crippen LogP contribution in [0.2, 0.25) is 0 Å². The number of carbonyl (C=O) groups is 2. The predicted molar refractivity (Wildman–Crippen MR) is 140 cm³/mol. The molecule has 0 saturated carbocycles. The first-order valence-electron chi connectivity index (χ1n) is 12.0. The summed E-state index contributed by atoms with van der Waals surface area (Å²) in [7, 11) is -3.87. The van der Waals surface area contributed by atoms with Gasteiger partial charge in [0, 0.05) is 44.9 Å². The molecule has 1 aliphatic rings. The van der Waals surface area contributed by atoms with E-state index in [-0.39, 0.29) is 17.9 Å². The Labute approximate surface area is 219 Å². The molecule has 1 fully saturated rings. The van der Waals surface area contributed by atoms with Gasteiger partial charge in [-0.05, 0) is 24.7 Å². The molecule has 13 nitrogen and oxygen atoms in total. The van der Waals surface area contributed by atoms with Crippen LogP contribution in [0, 0.1) is 0 Å². The van der Waals surface area contributed by atoms with Gasteiger partial charge in [0.2, 0.25) is 11.8 Å². The molecule has 0 bridgehead atoms. The highest BCUT2D eigenvalue weighted by atomic mass is 32.1. The zero-order valence-corrected chi connectivity index (χ0v) is 22.4. The number of H-pyrrole nitrogens is 1. The van der Waals surface area contributed by atoms with E-state index in [0.29, 0.717) is 25.3 Å². The molecular weight excluding hydrogens is 527 g/mol. The van der Waals surface area contributed by atoms with Crippen LogP contribution in [-0.2, 0) is 23.4 Å². The Kier molecular flexibility index (Phi) is 12.8. The van der Waals surface area contributed by atoms with Crippen LogP contribution in [0.3, 0.4) is 0 Å². The van der Waals surface area contributed by atoms with Crippen LogP contribution in [-0.4, -0.2) is 75.7 Å². The van der Waals surface area contributed by atoms with Crippen LogP contribution >= 0.6 is 20.2 Å². The highest BCUT2D eigenvalue weighted by Gasteiger charge is 2.39. The first-order valence-corrected chi connectivity index (χ1v) is 14.6. The molecule has 0 aliphatic carbocycles. The lowest BCUT2D eigenvalue weighted by atomic mass is 10.2. The van der Waals surface area contributed by atoms with E-state index < -0.39 is 49.8 Å². The monoisotopic (exact) mass is 562 g/mol. The standard InChI is InChI=1S/C22H35N4O9PS/c1-36(32,33)35-16-12-20(34-17(16)14-27)26-13-15(21(30)25-22(26)31)6-7-18(28)23-9-4-2-3-5-10-24-19(29)8-11-37/h6-7,13,16-17,20,27,37H,2-5,8-12,14H2,1H3,(H,23,28)(H,24,29)(H,32,33)(H,25,30,31)/b7-6+/t16?,17-,20-/m1/s1. The Morgan fingerprint density at radius 2 is 1.95 bits per heavy atom. The number of unbranched alkanes of at least 4 members (excludes halogenated alkanes) is 3. The molecule has 37 heavy (non-hydrogen) atoms. The molecule has 2 amide bonds. The Morgan fingerprint density at radius 3 is 2.57 bits per heavy atom. The van der Waals surface area contributed by atoms with Crippen molar-refractivity contribution in [2.24, 2.45) is 0 Å². The van der Waals surface area contributed by atoms with Gasteiger partial charge in [0.25, 0.3) is 5.56 Å². The average molecular weight is 563 g/mol. The van der Waals surface area contributed by atoms with Crippen molar-refractivity contribution in [1.82, 2.24) is 20.2 Å². The van der Waals surface area contributed by atoms with E-state index in [1.54, 1.807) is 0 Å². The summed E-state index contributed by atoms with van der Waals surface area (Å²) < 4.78 is 23.3. The lowest BCUT2D eigenvalue weighted by molar-refractivity contribution is -0.120. The number of thiol groups is 1. The maximum atomic E-state index is 12.3. The van der Waals surface area contributed by atoms with E-state index in [2.05, 4.69) is 28.2 Å². The molecule has 0 radical (unpaired) electrons. The third-order valence-corrected chi connectivity index (χ3v) is 6.36. The van der Waals surface area contributed by atoms with E-state index in [0.717, 1.165) is 36.9 Å². The maximum absolute atomic E-state index is 12.3. The molecule has 2 unspecified atom stereocenters. The Bertz CT molecular complexity index is 1100. The first-order chi connectivity index (χ1) is 17.5. The van der Waals surface area contributed by atoms with Crippen LogP contribution in [0.5, 0.6) is 0 Å². The van der Waals surface area contributed by atoms with Crippen molar-refractivity contribution in [2.75, 3.05) is 32.1 Å². The van der Waals surface area contributed by atoms with Gasteiger partial charge in [0.05, 0.1) is 18.3 Å². The quantitative estimate of drug-likeness (QED) is 0.0748. The molecule has 1 aromatic heterocycles. The van der Waals surface area contributed by atoms with Gasteiger partial charge in [-0.1, -0.05) is 12.8 Å². The second kappa shape index (κ2) is 15.3. The number of amides is 2. The smallest absolute Gasteiger partial charge is 0.330 e. The number of carbonyl (C=O) groups excluding carboxylic acids is 2. The number of aromatic nitrogens is 2. The molecule has 5 N–H and O–H groups in total. The number of aliphatic hydroxyl groups excluding tert-OH is 1. The SMILES string of the molecule is CP(=O)(O)OC1C[C@H](n2cc(/C=C/C(=O)NCCCCCCNC(=O)CCS)c(=O)[nH]c2=O)O[C@@H]1CO. The fraction of sp³-hybridized carbons (Fsp3) is 0.636.